The lowest BCUT2D eigenvalue weighted by Crippen LogP contribution is -2.29. The highest BCUT2D eigenvalue weighted by molar-refractivity contribution is 7.14. The molecule has 22 heavy (non-hydrogen) atoms. The number of hydrogen-bond acceptors (Lipinski definition) is 6. The molecule has 0 aromatic carbocycles. The Kier molecular flexibility index (Phi) is 3.47. The Labute approximate surface area is 135 Å². The topological polar surface area (TPSA) is 72.7 Å². The first kappa shape index (κ1) is 13.6. The molecular formula is C14H13N5OS2. The van der Waals surface area contributed by atoms with Crippen molar-refractivity contribution in [3.8, 4) is 10.7 Å². The third-order valence-electron chi connectivity index (χ3n) is 3.74. The van der Waals surface area contributed by atoms with Gasteiger partial charge in [-0.3, -0.25) is 4.79 Å². The maximum atomic E-state index is 12.4. The van der Waals surface area contributed by atoms with Crippen LogP contribution in [-0.2, 0) is 17.8 Å². The fraction of sp³-hybridized carbons (Fsp3) is 0.286. The van der Waals surface area contributed by atoms with Crippen LogP contribution in [0.5, 0.6) is 0 Å². The molecule has 1 unspecified atom stereocenters. The maximum Gasteiger partial charge on any atom is 0.229 e. The van der Waals surface area contributed by atoms with Gasteiger partial charge in [0.15, 0.2) is 5.82 Å². The second kappa shape index (κ2) is 5.62. The van der Waals surface area contributed by atoms with Crippen molar-refractivity contribution in [2.45, 2.75) is 19.4 Å². The standard InChI is InChI=1S/C14H13N5OS2/c20-13(9-3-4-19-8-15-7-10(19)6-9)17-14-16-12(18-22-14)11-2-1-5-21-11/h1-2,5,7-9H,3-4,6H2,(H,16,17,18,20). The molecule has 112 valence electrons. The molecule has 1 N–H and O–H groups in total. The molecule has 4 heterocycles. The molecule has 8 heteroatoms. The van der Waals surface area contributed by atoms with E-state index < -0.39 is 0 Å². The van der Waals surface area contributed by atoms with Crippen molar-refractivity contribution in [1.82, 2.24) is 18.9 Å². The lowest BCUT2D eigenvalue weighted by molar-refractivity contribution is -0.120. The van der Waals surface area contributed by atoms with E-state index >= 15 is 0 Å². The van der Waals surface area contributed by atoms with E-state index in [0.29, 0.717) is 11.0 Å². The SMILES string of the molecule is O=C(Nc1nc(-c2cccs2)ns1)C1CCn2cncc2C1. The zero-order valence-electron chi connectivity index (χ0n) is 11.6. The number of fused-ring (bicyclic) bond motifs is 1. The van der Waals surface area contributed by atoms with Crippen molar-refractivity contribution in [3.63, 3.8) is 0 Å². The fourth-order valence-electron chi connectivity index (χ4n) is 2.58. The monoisotopic (exact) mass is 331 g/mol. The zero-order valence-corrected chi connectivity index (χ0v) is 13.2. The molecule has 6 nitrogen and oxygen atoms in total. The average molecular weight is 331 g/mol. The van der Waals surface area contributed by atoms with Crippen LogP contribution in [0.3, 0.4) is 0 Å². The van der Waals surface area contributed by atoms with E-state index in [0.717, 1.165) is 30.0 Å². The second-order valence-corrected chi connectivity index (χ2v) is 6.86. The largest absolute Gasteiger partial charge is 0.335 e. The van der Waals surface area contributed by atoms with Crippen LogP contribution >= 0.6 is 22.9 Å². The van der Waals surface area contributed by atoms with Crippen LogP contribution in [0, 0.1) is 5.92 Å². The van der Waals surface area contributed by atoms with Gasteiger partial charge in [-0.2, -0.15) is 9.36 Å². The van der Waals surface area contributed by atoms with Gasteiger partial charge in [-0.1, -0.05) is 6.07 Å². The Bertz CT molecular complexity index is 792. The van der Waals surface area contributed by atoms with Gasteiger partial charge >= 0.3 is 0 Å². The Morgan fingerprint density at radius 2 is 2.41 bits per heavy atom. The number of aromatic nitrogens is 4. The first-order chi connectivity index (χ1) is 10.8. The van der Waals surface area contributed by atoms with Gasteiger partial charge in [0.1, 0.15) is 0 Å². The lowest BCUT2D eigenvalue weighted by atomic mass is 9.95. The molecule has 3 aromatic rings. The van der Waals surface area contributed by atoms with Crippen LogP contribution in [0.2, 0.25) is 0 Å². The molecule has 1 atom stereocenters. The van der Waals surface area contributed by atoms with Gasteiger partial charge in [-0.15, -0.1) is 11.3 Å². The molecule has 1 amide bonds. The highest BCUT2D eigenvalue weighted by Crippen LogP contribution is 2.26. The summed E-state index contributed by atoms with van der Waals surface area (Å²) in [5, 5.41) is 5.45. The molecule has 1 aliphatic heterocycles. The Balaban J connectivity index is 1.44. The normalized spacial score (nSPS) is 17.2. The van der Waals surface area contributed by atoms with Crippen molar-refractivity contribution in [2.24, 2.45) is 5.92 Å². The second-order valence-electron chi connectivity index (χ2n) is 5.16. The minimum Gasteiger partial charge on any atom is -0.335 e. The third-order valence-corrected chi connectivity index (χ3v) is 5.24. The van der Waals surface area contributed by atoms with Crippen molar-refractivity contribution in [3.05, 3.63) is 35.7 Å². The third kappa shape index (κ3) is 2.55. The van der Waals surface area contributed by atoms with Crippen LogP contribution in [-0.4, -0.2) is 24.8 Å². The van der Waals surface area contributed by atoms with E-state index in [4.69, 9.17) is 0 Å². The van der Waals surface area contributed by atoms with Crippen LogP contribution in [0.4, 0.5) is 5.13 Å². The number of aryl methyl sites for hydroxylation is 1. The number of thiophene rings is 1. The van der Waals surface area contributed by atoms with Crippen molar-refractivity contribution in [1.29, 1.82) is 0 Å². The summed E-state index contributed by atoms with van der Waals surface area (Å²) in [5.41, 5.74) is 1.11. The number of nitrogens with one attached hydrogen (secondary N) is 1. The summed E-state index contributed by atoms with van der Waals surface area (Å²) < 4.78 is 6.40. The first-order valence-electron chi connectivity index (χ1n) is 6.97. The van der Waals surface area contributed by atoms with Crippen molar-refractivity contribution >= 4 is 33.9 Å². The smallest absolute Gasteiger partial charge is 0.229 e. The number of imidazole rings is 1. The van der Waals surface area contributed by atoms with E-state index in [1.54, 1.807) is 11.3 Å². The maximum absolute atomic E-state index is 12.4. The van der Waals surface area contributed by atoms with Gasteiger partial charge in [0.25, 0.3) is 0 Å². The quantitative estimate of drug-likeness (QED) is 0.801. The summed E-state index contributed by atoms with van der Waals surface area (Å²) in [7, 11) is 0. The summed E-state index contributed by atoms with van der Waals surface area (Å²) in [5.74, 6) is 0.664. The Hall–Kier alpha value is -2.06. The molecule has 0 saturated heterocycles. The molecular weight excluding hydrogens is 318 g/mol. The number of amides is 1. The van der Waals surface area contributed by atoms with Gasteiger partial charge in [0, 0.05) is 42.3 Å². The van der Waals surface area contributed by atoms with Crippen LogP contribution in [0.1, 0.15) is 12.1 Å². The van der Waals surface area contributed by atoms with E-state index in [1.165, 1.54) is 11.5 Å². The minimum absolute atomic E-state index is 0.0151. The molecule has 4 rings (SSSR count). The molecule has 1 aliphatic rings. The number of rotatable bonds is 3. The predicted octanol–water partition coefficient (Wildman–Crippen LogP) is 2.66. The molecule has 0 radical (unpaired) electrons. The first-order valence-corrected chi connectivity index (χ1v) is 8.62. The van der Waals surface area contributed by atoms with E-state index in [1.807, 2.05) is 30.0 Å². The summed E-state index contributed by atoms with van der Waals surface area (Å²) in [6.07, 6.45) is 5.20. The van der Waals surface area contributed by atoms with Crippen molar-refractivity contribution in [2.75, 3.05) is 5.32 Å². The predicted molar refractivity (Wildman–Crippen MR) is 85.9 cm³/mol. The minimum atomic E-state index is -0.0294. The molecule has 0 bridgehead atoms. The fourth-order valence-corrected chi connectivity index (χ4v) is 3.88. The lowest BCUT2D eigenvalue weighted by Gasteiger charge is -2.22. The molecule has 0 spiro atoms. The molecule has 0 aliphatic carbocycles. The van der Waals surface area contributed by atoms with Gasteiger partial charge in [-0.25, -0.2) is 4.98 Å². The number of carbonyl (C=O) groups excluding carboxylic acids is 1. The molecule has 0 fully saturated rings. The molecule has 3 aromatic heterocycles. The number of nitrogens with zero attached hydrogens (tertiary/aromatic N) is 4. The van der Waals surface area contributed by atoms with Gasteiger partial charge in [0.05, 0.1) is 11.2 Å². The van der Waals surface area contributed by atoms with Gasteiger partial charge < -0.3 is 9.88 Å². The van der Waals surface area contributed by atoms with Crippen LogP contribution in [0.15, 0.2) is 30.0 Å². The zero-order chi connectivity index (χ0) is 14.9. The van der Waals surface area contributed by atoms with Crippen LogP contribution < -0.4 is 5.32 Å². The Morgan fingerprint density at radius 3 is 3.27 bits per heavy atom. The number of hydrogen-bond donors (Lipinski definition) is 1. The van der Waals surface area contributed by atoms with Gasteiger partial charge in [-0.05, 0) is 17.9 Å². The highest BCUT2D eigenvalue weighted by atomic mass is 32.1. The summed E-state index contributed by atoms with van der Waals surface area (Å²) in [4.78, 5) is 21.9. The van der Waals surface area contributed by atoms with Crippen molar-refractivity contribution < 1.29 is 4.79 Å². The number of carbonyl (C=O) groups is 1. The number of anilines is 1. The average Bonchev–Trinajstić information content (AvgIpc) is 3.27. The van der Waals surface area contributed by atoms with E-state index in [-0.39, 0.29) is 11.8 Å². The molecule has 0 saturated carbocycles. The van der Waals surface area contributed by atoms with Crippen LogP contribution in [0.25, 0.3) is 10.7 Å². The summed E-state index contributed by atoms with van der Waals surface area (Å²) in [6, 6.07) is 3.94. The summed E-state index contributed by atoms with van der Waals surface area (Å²) >= 11 is 2.81. The van der Waals surface area contributed by atoms with E-state index in [9.17, 15) is 4.79 Å². The highest BCUT2D eigenvalue weighted by Gasteiger charge is 2.25. The Morgan fingerprint density at radius 1 is 1.45 bits per heavy atom. The van der Waals surface area contributed by atoms with E-state index in [2.05, 4.69) is 24.2 Å². The summed E-state index contributed by atoms with van der Waals surface area (Å²) in [6.45, 7) is 0.837. The van der Waals surface area contributed by atoms with Gasteiger partial charge in [0.2, 0.25) is 11.0 Å².